The molecule has 1 aliphatic heterocycles. The highest BCUT2D eigenvalue weighted by molar-refractivity contribution is 5.95. The van der Waals surface area contributed by atoms with Crippen molar-refractivity contribution in [2.75, 3.05) is 43.6 Å². The molecule has 0 saturated heterocycles. The number of ether oxygens (including phenoxy) is 1. The first-order chi connectivity index (χ1) is 9.13. The normalized spacial score (nSPS) is 14.7. The van der Waals surface area contributed by atoms with E-state index < -0.39 is 0 Å². The zero-order valence-corrected chi connectivity index (χ0v) is 11.6. The maximum Gasteiger partial charge on any atom is 0.230 e. The number of fused-ring (bicyclic) bond motifs is 1. The molecule has 1 aromatic rings. The fourth-order valence-corrected chi connectivity index (χ4v) is 2.14. The molecular weight excluding hydrogens is 242 g/mol. The van der Waals surface area contributed by atoms with E-state index in [0.717, 1.165) is 30.1 Å². The SMILES string of the molecule is CN(CCCN)c1ccc2c(c1)N(C)C(=O)CCO2. The fraction of sp³-hybridized carbons (Fsp3) is 0.500. The molecule has 1 aromatic carbocycles. The predicted molar refractivity (Wildman–Crippen MR) is 76.9 cm³/mol. The summed E-state index contributed by atoms with van der Waals surface area (Å²) < 4.78 is 5.60. The van der Waals surface area contributed by atoms with Gasteiger partial charge in [-0.05, 0) is 31.2 Å². The Morgan fingerprint density at radius 2 is 2.26 bits per heavy atom. The molecule has 0 radical (unpaired) electrons. The second-order valence-electron chi connectivity index (χ2n) is 4.77. The third kappa shape index (κ3) is 2.98. The van der Waals surface area contributed by atoms with Crippen LogP contribution in [0, 0.1) is 0 Å². The van der Waals surface area contributed by atoms with Gasteiger partial charge in [0.1, 0.15) is 5.75 Å². The van der Waals surface area contributed by atoms with E-state index in [-0.39, 0.29) is 5.91 Å². The van der Waals surface area contributed by atoms with Crippen LogP contribution in [0.3, 0.4) is 0 Å². The van der Waals surface area contributed by atoms with E-state index in [1.807, 2.05) is 25.2 Å². The second kappa shape index (κ2) is 5.93. The average Bonchev–Trinajstić information content (AvgIpc) is 2.56. The molecule has 0 fully saturated rings. The Labute approximate surface area is 113 Å². The summed E-state index contributed by atoms with van der Waals surface area (Å²) in [5.41, 5.74) is 7.43. The van der Waals surface area contributed by atoms with Crippen molar-refractivity contribution in [3.05, 3.63) is 18.2 Å². The number of rotatable bonds is 4. The standard InChI is InChI=1S/C14H21N3O2/c1-16(8-3-7-15)11-4-5-13-12(10-11)17(2)14(18)6-9-19-13/h4-5,10H,3,6-9,15H2,1-2H3. The number of anilines is 2. The summed E-state index contributed by atoms with van der Waals surface area (Å²) in [5, 5.41) is 0. The van der Waals surface area contributed by atoms with Crippen molar-refractivity contribution in [3.8, 4) is 5.75 Å². The highest BCUT2D eigenvalue weighted by atomic mass is 16.5. The van der Waals surface area contributed by atoms with Gasteiger partial charge < -0.3 is 20.3 Å². The average molecular weight is 263 g/mol. The molecular formula is C14H21N3O2. The van der Waals surface area contributed by atoms with E-state index in [1.54, 1.807) is 11.9 Å². The van der Waals surface area contributed by atoms with Crippen LogP contribution in [0.5, 0.6) is 5.75 Å². The summed E-state index contributed by atoms with van der Waals surface area (Å²) in [6.45, 7) is 2.02. The zero-order chi connectivity index (χ0) is 13.8. The highest BCUT2D eigenvalue weighted by Gasteiger charge is 2.20. The Morgan fingerprint density at radius 3 is 3.00 bits per heavy atom. The first-order valence-electron chi connectivity index (χ1n) is 6.58. The lowest BCUT2D eigenvalue weighted by molar-refractivity contribution is -0.118. The molecule has 1 heterocycles. The van der Waals surface area contributed by atoms with E-state index in [4.69, 9.17) is 10.5 Å². The van der Waals surface area contributed by atoms with Gasteiger partial charge in [0.15, 0.2) is 0 Å². The second-order valence-corrected chi connectivity index (χ2v) is 4.77. The van der Waals surface area contributed by atoms with Crippen molar-refractivity contribution in [3.63, 3.8) is 0 Å². The minimum Gasteiger partial charge on any atom is -0.491 e. The van der Waals surface area contributed by atoms with Gasteiger partial charge in [-0.15, -0.1) is 0 Å². The van der Waals surface area contributed by atoms with Crippen LogP contribution in [0.15, 0.2) is 18.2 Å². The van der Waals surface area contributed by atoms with Crippen molar-refractivity contribution in [2.24, 2.45) is 5.73 Å². The predicted octanol–water partition coefficient (Wildman–Crippen LogP) is 1.22. The van der Waals surface area contributed by atoms with Crippen LogP contribution in [-0.2, 0) is 4.79 Å². The first kappa shape index (κ1) is 13.7. The molecule has 0 aliphatic carbocycles. The summed E-state index contributed by atoms with van der Waals surface area (Å²) in [6.07, 6.45) is 1.36. The van der Waals surface area contributed by atoms with Crippen molar-refractivity contribution < 1.29 is 9.53 Å². The van der Waals surface area contributed by atoms with E-state index in [0.29, 0.717) is 19.6 Å². The molecule has 1 aliphatic rings. The molecule has 0 atom stereocenters. The van der Waals surface area contributed by atoms with Gasteiger partial charge in [-0.1, -0.05) is 0 Å². The van der Waals surface area contributed by atoms with Gasteiger partial charge in [0, 0.05) is 26.3 Å². The molecule has 1 amide bonds. The van der Waals surface area contributed by atoms with Crippen molar-refractivity contribution in [1.82, 2.24) is 0 Å². The molecule has 0 bridgehead atoms. The fourth-order valence-electron chi connectivity index (χ4n) is 2.14. The van der Waals surface area contributed by atoms with E-state index in [9.17, 15) is 4.79 Å². The number of nitrogens with zero attached hydrogens (tertiary/aromatic N) is 2. The van der Waals surface area contributed by atoms with Crippen LogP contribution in [-0.4, -0.2) is 39.7 Å². The number of nitrogens with two attached hydrogens (primary N) is 1. The molecule has 2 rings (SSSR count). The van der Waals surface area contributed by atoms with Gasteiger partial charge >= 0.3 is 0 Å². The minimum atomic E-state index is 0.0838. The summed E-state index contributed by atoms with van der Waals surface area (Å²) in [5.74, 6) is 0.852. The maximum atomic E-state index is 11.8. The quantitative estimate of drug-likeness (QED) is 0.887. The molecule has 2 N–H and O–H groups in total. The monoisotopic (exact) mass is 263 g/mol. The Kier molecular flexibility index (Phi) is 4.27. The summed E-state index contributed by atoms with van der Waals surface area (Å²) in [4.78, 5) is 15.7. The van der Waals surface area contributed by atoms with Gasteiger partial charge in [-0.25, -0.2) is 0 Å². The Hall–Kier alpha value is -1.75. The number of carbonyl (C=O) groups is 1. The number of benzene rings is 1. The first-order valence-corrected chi connectivity index (χ1v) is 6.58. The van der Waals surface area contributed by atoms with Gasteiger partial charge in [0.2, 0.25) is 5.91 Å². The van der Waals surface area contributed by atoms with Crippen LogP contribution in [0.2, 0.25) is 0 Å². The van der Waals surface area contributed by atoms with Crippen LogP contribution in [0.25, 0.3) is 0 Å². The summed E-state index contributed by atoms with van der Waals surface area (Å²) >= 11 is 0. The van der Waals surface area contributed by atoms with Gasteiger partial charge in [0.25, 0.3) is 0 Å². The van der Waals surface area contributed by atoms with Gasteiger partial charge in [-0.2, -0.15) is 0 Å². The largest absolute Gasteiger partial charge is 0.491 e. The lowest BCUT2D eigenvalue weighted by Gasteiger charge is -2.22. The lowest BCUT2D eigenvalue weighted by atomic mass is 10.2. The summed E-state index contributed by atoms with van der Waals surface area (Å²) in [6, 6.07) is 5.94. The maximum absolute atomic E-state index is 11.8. The van der Waals surface area contributed by atoms with Gasteiger partial charge in [-0.3, -0.25) is 4.79 Å². The van der Waals surface area contributed by atoms with Crippen LogP contribution < -0.4 is 20.3 Å². The van der Waals surface area contributed by atoms with Crippen molar-refractivity contribution in [2.45, 2.75) is 12.8 Å². The van der Waals surface area contributed by atoms with Gasteiger partial charge in [0.05, 0.1) is 18.7 Å². The molecule has 19 heavy (non-hydrogen) atoms. The highest BCUT2D eigenvalue weighted by Crippen LogP contribution is 2.34. The number of amides is 1. The number of hydrogen-bond donors (Lipinski definition) is 1. The number of hydrogen-bond acceptors (Lipinski definition) is 4. The van der Waals surface area contributed by atoms with Crippen molar-refractivity contribution >= 4 is 17.3 Å². The minimum absolute atomic E-state index is 0.0838. The van der Waals surface area contributed by atoms with Crippen LogP contribution in [0.1, 0.15) is 12.8 Å². The van der Waals surface area contributed by atoms with Crippen LogP contribution >= 0.6 is 0 Å². The Morgan fingerprint density at radius 1 is 1.47 bits per heavy atom. The van der Waals surface area contributed by atoms with E-state index in [2.05, 4.69) is 4.90 Å². The molecule has 0 spiro atoms. The third-order valence-corrected chi connectivity index (χ3v) is 3.39. The smallest absolute Gasteiger partial charge is 0.230 e. The molecule has 5 heteroatoms. The number of carbonyl (C=O) groups excluding carboxylic acids is 1. The van der Waals surface area contributed by atoms with E-state index >= 15 is 0 Å². The third-order valence-electron chi connectivity index (χ3n) is 3.39. The Bertz CT molecular complexity index is 462. The lowest BCUT2D eigenvalue weighted by Crippen LogP contribution is -2.26. The molecule has 104 valence electrons. The molecule has 5 nitrogen and oxygen atoms in total. The molecule has 0 aromatic heterocycles. The van der Waals surface area contributed by atoms with Crippen LogP contribution in [0.4, 0.5) is 11.4 Å². The summed E-state index contributed by atoms with van der Waals surface area (Å²) in [7, 11) is 3.82. The molecule has 0 saturated carbocycles. The molecule has 0 unspecified atom stereocenters. The van der Waals surface area contributed by atoms with E-state index in [1.165, 1.54) is 0 Å². The zero-order valence-electron chi connectivity index (χ0n) is 11.6. The topological polar surface area (TPSA) is 58.8 Å². The Balaban J connectivity index is 2.26. The van der Waals surface area contributed by atoms with Crippen molar-refractivity contribution in [1.29, 1.82) is 0 Å².